The Balaban J connectivity index is 1.28. The minimum absolute atomic E-state index is 0.0311. The van der Waals surface area contributed by atoms with Crippen molar-refractivity contribution in [3.05, 3.63) is 60.3 Å². The van der Waals surface area contributed by atoms with Crippen molar-refractivity contribution in [2.75, 3.05) is 18.0 Å². The van der Waals surface area contributed by atoms with Gasteiger partial charge in [-0.3, -0.25) is 9.48 Å². The molecule has 1 atom stereocenters. The molecule has 1 aliphatic heterocycles. The highest BCUT2D eigenvalue weighted by Crippen LogP contribution is 2.21. The largest absolute Gasteiger partial charge is 0.347 e. The zero-order chi connectivity index (χ0) is 20.7. The van der Waals surface area contributed by atoms with Gasteiger partial charge in [-0.2, -0.15) is 10.2 Å². The van der Waals surface area contributed by atoms with E-state index in [2.05, 4.69) is 30.4 Å². The van der Waals surface area contributed by atoms with E-state index in [-0.39, 0.29) is 11.9 Å². The van der Waals surface area contributed by atoms with Crippen LogP contribution in [-0.2, 0) is 7.05 Å². The van der Waals surface area contributed by atoms with Crippen LogP contribution in [0.3, 0.4) is 0 Å². The Morgan fingerprint density at radius 1 is 1.17 bits per heavy atom. The molecule has 5 rings (SSSR count). The first-order valence-corrected chi connectivity index (χ1v) is 9.89. The van der Waals surface area contributed by atoms with E-state index in [1.54, 1.807) is 27.8 Å². The third-order valence-electron chi connectivity index (χ3n) is 5.36. The summed E-state index contributed by atoms with van der Waals surface area (Å²) >= 11 is 0. The van der Waals surface area contributed by atoms with Gasteiger partial charge in [0.25, 0.3) is 5.91 Å². The summed E-state index contributed by atoms with van der Waals surface area (Å²) in [6.07, 6.45) is 9.85. The van der Waals surface area contributed by atoms with E-state index < -0.39 is 0 Å². The molecule has 0 aliphatic carbocycles. The van der Waals surface area contributed by atoms with E-state index in [1.807, 2.05) is 44.6 Å². The van der Waals surface area contributed by atoms with Crippen LogP contribution in [0.4, 0.5) is 5.95 Å². The normalized spacial score (nSPS) is 16.3. The van der Waals surface area contributed by atoms with Gasteiger partial charge in [0, 0.05) is 50.3 Å². The number of aryl methyl sites for hydroxylation is 2. The zero-order valence-corrected chi connectivity index (χ0v) is 16.9. The van der Waals surface area contributed by atoms with Crippen LogP contribution in [0.15, 0.2) is 49.2 Å². The van der Waals surface area contributed by atoms with Crippen LogP contribution in [0.25, 0.3) is 16.8 Å². The highest BCUT2D eigenvalue weighted by Gasteiger charge is 2.27. The molecule has 1 amide bonds. The number of rotatable bonds is 4. The predicted molar refractivity (Wildman–Crippen MR) is 112 cm³/mol. The van der Waals surface area contributed by atoms with E-state index in [0.717, 1.165) is 35.3 Å². The third-order valence-corrected chi connectivity index (χ3v) is 5.36. The lowest BCUT2D eigenvalue weighted by molar-refractivity contribution is 0.0942. The Kier molecular flexibility index (Phi) is 4.42. The predicted octanol–water partition coefficient (Wildman–Crippen LogP) is 1.84. The molecular formula is C21H22N8O. The molecule has 1 unspecified atom stereocenters. The van der Waals surface area contributed by atoms with Crippen molar-refractivity contribution in [3.63, 3.8) is 0 Å². The van der Waals surface area contributed by atoms with Crippen molar-refractivity contribution in [1.29, 1.82) is 0 Å². The average molecular weight is 402 g/mol. The molecule has 0 saturated carbocycles. The number of pyridine rings is 1. The van der Waals surface area contributed by atoms with E-state index in [1.165, 1.54) is 0 Å². The number of anilines is 1. The minimum Gasteiger partial charge on any atom is -0.347 e. The molecule has 5 heterocycles. The Morgan fingerprint density at radius 2 is 2.07 bits per heavy atom. The number of fused-ring (bicyclic) bond motifs is 1. The van der Waals surface area contributed by atoms with Crippen LogP contribution in [0.2, 0.25) is 0 Å². The SMILES string of the molecule is Cc1ccc2c(C(=O)NC3CCN(c4nccc(-c5cnn(C)c5)n4)C3)cnn2c1. The summed E-state index contributed by atoms with van der Waals surface area (Å²) in [5.41, 5.74) is 4.27. The fourth-order valence-corrected chi connectivity index (χ4v) is 3.80. The average Bonchev–Trinajstić information content (AvgIpc) is 3.47. The van der Waals surface area contributed by atoms with Gasteiger partial charge >= 0.3 is 0 Å². The van der Waals surface area contributed by atoms with Crippen molar-refractivity contribution in [1.82, 2.24) is 34.7 Å². The van der Waals surface area contributed by atoms with Crippen molar-refractivity contribution in [2.45, 2.75) is 19.4 Å². The van der Waals surface area contributed by atoms with Gasteiger partial charge in [-0.05, 0) is 31.0 Å². The molecule has 1 N–H and O–H groups in total. The number of nitrogens with one attached hydrogen (secondary N) is 1. The maximum Gasteiger partial charge on any atom is 0.255 e. The first-order valence-electron chi connectivity index (χ1n) is 9.89. The summed E-state index contributed by atoms with van der Waals surface area (Å²) in [5.74, 6) is 0.560. The highest BCUT2D eigenvalue weighted by atomic mass is 16.1. The van der Waals surface area contributed by atoms with E-state index >= 15 is 0 Å². The number of hydrogen-bond acceptors (Lipinski definition) is 6. The fourth-order valence-electron chi connectivity index (χ4n) is 3.80. The monoisotopic (exact) mass is 402 g/mol. The molecule has 9 nitrogen and oxygen atoms in total. The molecule has 9 heteroatoms. The molecule has 30 heavy (non-hydrogen) atoms. The number of hydrogen-bond donors (Lipinski definition) is 1. The topological polar surface area (TPSA) is 93.2 Å². The van der Waals surface area contributed by atoms with Crippen LogP contribution in [0.5, 0.6) is 0 Å². The van der Waals surface area contributed by atoms with E-state index in [4.69, 9.17) is 0 Å². The maximum atomic E-state index is 12.8. The van der Waals surface area contributed by atoms with Crippen LogP contribution >= 0.6 is 0 Å². The Hall–Kier alpha value is -3.75. The summed E-state index contributed by atoms with van der Waals surface area (Å²) < 4.78 is 3.49. The molecule has 0 radical (unpaired) electrons. The second-order valence-corrected chi connectivity index (χ2v) is 7.64. The van der Waals surface area contributed by atoms with Crippen molar-refractivity contribution >= 4 is 17.4 Å². The van der Waals surface area contributed by atoms with E-state index in [9.17, 15) is 4.79 Å². The summed E-state index contributed by atoms with van der Waals surface area (Å²) in [6, 6.07) is 5.82. The minimum atomic E-state index is -0.106. The third kappa shape index (κ3) is 3.38. The molecule has 152 valence electrons. The Bertz CT molecular complexity index is 1230. The molecule has 1 saturated heterocycles. The van der Waals surface area contributed by atoms with Gasteiger partial charge in [-0.25, -0.2) is 14.5 Å². The van der Waals surface area contributed by atoms with Gasteiger partial charge in [0.15, 0.2) is 0 Å². The number of aromatic nitrogens is 6. The molecule has 4 aromatic rings. The lowest BCUT2D eigenvalue weighted by atomic mass is 10.2. The van der Waals surface area contributed by atoms with Crippen LogP contribution in [0, 0.1) is 6.92 Å². The van der Waals surface area contributed by atoms with Gasteiger partial charge in [0.2, 0.25) is 5.95 Å². The van der Waals surface area contributed by atoms with Crippen LogP contribution in [-0.4, -0.2) is 54.4 Å². The first-order chi connectivity index (χ1) is 14.6. The molecule has 1 aliphatic rings. The Labute approximate surface area is 173 Å². The second kappa shape index (κ2) is 7.25. The zero-order valence-electron chi connectivity index (χ0n) is 16.9. The summed E-state index contributed by atoms with van der Waals surface area (Å²) in [6.45, 7) is 3.45. The van der Waals surface area contributed by atoms with Crippen LogP contribution < -0.4 is 10.2 Å². The number of nitrogens with zero attached hydrogens (tertiary/aromatic N) is 7. The van der Waals surface area contributed by atoms with Crippen molar-refractivity contribution < 1.29 is 4.79 Å². The number of carbonyl (C=O) groups is 1. The molecule has 0 bridgehead atoms. The number of carbonyl (C=O) groups excluding carboxylic acids is 1. The quantitative estimate of drug-likeness (QED) is 0.560. The van der Waals surface area contributed by atoms with Gasteiger partial charge in [-0.1, -0.05) is 6.07 Å². The smallest absolute Gasteiger partial charge is 0.255 e. The molecular weight excluding hydrogens is 380 g/mol. The lowest BCUT2D eigenvalue weighted by Crippen LogP contribution is -2.37. The molecule has 0 aromatic carbocycles. The lowest BCUT2D eigenvalue weighted by Gasteiger charge is -2.17. The maximum absolute atomic E-state index is 12.8. The number of amides is 1. The standard InChI is InChI=1S/C21H22N8O/c1-14-3-4-19-17(10-24-29(19)11-14)20(30)25-16-6-8-28(13-16)21-22-7-5-18(26-21)15-9-23-27(2)12-15/h3-5,7,9-12,16H,6,8,13H2,1-2H3,(H,25,30). The van der Waals surface area contributed by atoms with Crippen LogP contribution in [0.1, 0.15) is 22.3 Å². The Morgan fingerprint density at radius 3 is 2.90 bits per heavy atom. The van der Waals surface area contributed by atoms with Gasteiger partial charge < -0.3 is 10.2 Å². The molecule has 1 fully saturated rings. The first kappa shape index (κ1) is 18.3. The van der Waals surface area contributed by atoms with E-state index in [0.29, 0.717) is 18.1 Å². The van der Waals surface area contributed by atoms with Crippen molar-refractivity contribution in [2.24, 2.45) is 7.05 Å². The fraction of sp³-hybridized carbons (Fsp3) is 0.286. The summed E-state index contributed by atoms with van der Waals surface area (Å²) in [5, 5.41) is 11.6. The molecule has 0 spiro atoms. The van der Waals surface area contributed by atoms with Gasteiger partial charge in [0.05, 0.1) is 29.2 Å². The summed E-state index contributed by atoms with van der Waals surface area (Å²) in [7, 11) is 1.88. The summed E-state index contributed by atoms with van der Waals surface area (Å²) in [4.78, 5) is 24.0. The van der Waals surface area contributed by atoms with Gasteiger partial charge in [-0.15, -0.1) is 0 Å². The van der Waals surface area contributed by atoms with Crippen molar-refractivity contribution in [3.8, 4) is 11.3 Å². The highest BCUT2D eigenvalue weighted by molar-refractivity contribution is 6.00. The molecule has 4 aromatic heterocycles. The second-order valence-electron chi connectivity index (χ2n) is 7.64. The van der Waals surface area contributed by atoms with Gasteiger partial charge in [0.1, 0.15) is 0 Å².